The number of benzene rings is 8. The first-order valence-electron chi connectivity index (χ1n) is 21.9. The van der Waals surface area contributed by atoms with E-state index in [4.69, 9.17) is 4.98 Å². The Hall–Kier alpha value is -8.61. The van der Waals surface area contributed by atoms with E-state index in [-0.39, 0.29) is 6.04 Å². The van der Waals surface area contributed by atoms with Gasteiger partial charge in [-0.15, -0.1) is 0 Å². The van der Waals surface area contributed by atoms with Crippen molar-refractivity contribution in [3.8, 4) is 17.2 Å². The summed E-state index contributed by atoms with van der Waals surface area (Å²) in [6, 6.07) is 71.9. The van der Waals surface area contributed by atoms with Crippen LogP contribution in [0.1, 0.15) is 11.7 Å². The number of fused-ring (bicyclic) bond motifs is 14. The number of pyridine rings is 1. The Morgan fingerprint density at radius 3 is 1.25 bits per heavy atom. The van der Waals surface area contributed by atoms with Crippen LogP contribution in [0.4, 0.5) is 0 Å². The lowest BCUT2D eigenvalue weighted by molar-refractivity contribution is 0.710. The van der Waals surface area contributed by atoms with E-state index in [0.29, 0.717) is 0 Å². The molecule has 1 aliphatic heterocycles. The Labute approximate surface area is 367 Å². The quantitative estimate of drug-likeness (QED) is 0.188. The van der Waals surface area contributed by atoms with Crippen molar-refractivity contribution in [1.82, 2.24) is 28.6 Å². The van der Waals surface area contributed by atoms with Gasteiger partial charge in [0.25, 0.3) is 0 Å². The van der Waals surface area contributed by atoms with Gasteiger partial charge in [0.1, 0.15) is 11.6 Å². The lowest BCUT2D eigenvalue weighted by atomic mass is 10.1. The van der Waals surface area contributed by atoms with Gasteiger partial charge in [-0.1, -0.05) is 127 Å². The van der Waals surface area contributed by atoms with Gasteiger partial charge in [-0.3, -0.25) is 9.13 Å². The number of dihydropyridines is 1. The number of hydrogen-bond acceptors (Lipinski definition) is 2. The van der Waals surface area contributed by atoms with Gasteiger partial charge >= 0.3 is 0 Å². The Kier molecular flexibility index (Phi) is 7.36. The van der Waals surface area contributed by atoms with E-state index in [1.807, 2.05) is 0 Å². The van der Waals surface area contributed by atoms with Crippen LogP contribution in [0.3, 0.4) is 0 Å². The number of nitrogens with zero attached hydrogens (tertiary/aromatic N) is 5. The fraction of sp³-hybridized carbons (Fsp3) is 0.0172. The predicted molar refractivity (Wildman–Crippen MR) is 266 cm³/mol. The summed E-state index contributed by atoms with van der Waals surface area (Å²) in [6.45, 7) is 0. The van der Waals surface area contributed by atoms with Crippen LogP contribution in [-0.2, 0) is 0 Å². The Morgan fingerprint density at radius 1 is 0.344 bits per heavy atom. The van der Waals surface area contributed by atoms with Crippen molar-refractivity contribution in [2.45, 2.75) is 6.04 Å². The maximum absolute atomic E-state index is 5.49. The molecule has 14 rings (SSSR count). The molecule has 0 aliphatic carbocycles. The number of para-hydroxylation sites is 6. The summed E-state index contributed by atoms with van der Waals surface area (Å²) in [5.41, 5.74) is 12.6. The van der Waals surface area contributed by atoms with Crippen molar-refractivity contribution in [2.75, 3.05) is 0 Å². The molecule has 1 N–H and O–H groups in total. The van der Waals surface area contributed by atoms with Gasteiger partial charge in [-0.25, -0.2) is 4.98 Å². The van der Waals surface area contributed by atoms with Gasteiger partial charge in [0.05, 0.1) is 55.9 Å². The number of allylic oxidation sites excluding steroid dienone is 2. The zero-order chi connectivity index (χ0) is 41.9. The molecular formula is C58H38N6. The second kappa shape index (κ2) is 13.4. The van der Waals surface area contributed by atoms with Crippen LogP contribution in [0.25, 0.3) is 110 Å². The highest BCUT2D eigenvalue weighted by molar-refractivity contribution is 6.30. The largest absolute Gasteiger partial charge is 0.359 e. The van der Waals surface area contributed by atoms with Gasteiger partial charge in [-0.2, -0.15) is 0 Å². The fourth-order valence-corrected chi connectivity index (χ4v) is 10.8. The Morgan fingerprint density at radius 2 is 0.750 bits per heavy atom. The molecular weight excluding hydrogens is 781 g/mol. The summed E-state index contributed by atoms with van der Waals surface area (Å²) in [6.07, 6.45) is 6.57. The second-order valence-electron chi connectivity index (χ2n) is 16.8. The SMILES string of the molecule is C1=CC(c2cccc(-n3c4ccccc4c4c5c6ccccc6n(-c6ccccc6)c5ccc43)n2)NC(n2c3ccccc3c3c4c5ccccc5n(-c5ccccc5)c4ccc32)=C1. The number of hydrogen-bond donors (Lipinski definition) is 1. The van der Waals surface area contributed by atoms with E-state index in [2.05, 4.69) is 242 Å². The molecule has 1 atom stereocenters. The van der Waals surface area contributed by atoms with E-state index in [0.717, 1.165) is 50.8 Å². The first kappa shape index (κ1) is 35.0. The van der Waals surface area contributed by atoms with Crippen molar-refractivity contribution >= 4 is 93.0 Å². The third kappa shape index (κ3) is 4.87. The topological polar surface area (TPSA) is 44.6 Å². The summed E-state index contributed by atoms with van der Waals surface area (Å²) in [4.78, 5) is 5.49. The lowest BCUT2D eigenvalue weighted by Crippen LogP contribution is -2.24. The second-order valence-corrected chi connectivity index (χ2v) is 16.8. The van der Waals surface area contributed by atoms with Crippen LogP contribution in [-0.4, -0.2) is 23.3 Å². The minimum absolute atomic E-state index is 0.163. The van der Waals surface area contributed by atoms with Crippen molar-refractivity contribution < 1.29 is 0 Å². The molecule has 0 amide bonds. The van der Waals surface area contributed by atoms with E-state index >= 15 is 0 Å². The molecule has 300 valence electrons. The molecule has 6 heterocycles. The van der Waals surface area contributed by atoms with Gasteiger partial charge < -0.3 is 14.5 Å². The molecule has 0 spiro atoms. The lowest BCUT2D eigenvalue weighted by Gasteiger charge is -2.24. The van der Waals surface area contributed by atoms with Gasteiger partial charge in [0, 0.05) is 54.5 Å². The fourth-order valence-electron chi connectivity index (χ4n) is 10.8. The highest BCUT2D eigenvalue weighted by Crippen LogP contribution is 2.44. The zero-order valence-electron chi connectivity index (χ0n) is 34.6. The van der Waals surface area contributed by atoms with Gasteiger partial charge in [-0.05, 0) is 91.0 Å². The summed E-state index contributed by atoms with van der Waals surface area (Å²) >= 11 is 0. The van der Waals surface area contributed by atoms with E-state index in [1.54, 1.807) is 0 Å². The maximum atomic E-state index is 5.49. The number of aromatic nitrogens is 5. The molecule has 13 aromatic rings. The molecule has 0 radical (unpaired) electrons. The molecule has 0 saturated heterocycles. The summed E-state index contributed by atoms with van der Waals surface area (Å²) in [5, 5.41) is 13.8. The van der Waals surface area contributed by atoms with Crippen molar-refractivity contribution in [1.29, 1.82) is 0 Å². The Balaban J connectivity index is 0.913. The molecule has 0 saturated carbocycles. The molecule has 64 heavy (non-hydrogen) atoms. The van der Waals surface area contributed by atoms with Crippen molar-refractivity contribution in [3.63, 3.8) is 0 Å². The molecule has 8 aromatic carbocycles. The van der Waals surface area contributed by atoms with E-state index in [1.165, 1.54) is 65.2 Å². The molecule has 1 unspecified atom stereocenters. The van der Waals surface area contributed by atoms with Crippen molar-refractivity contribution in [2.24, 2.45) is 0 Å². The molecule has 6 heteroatoms. The van der Waals surface area contributed by atoms with Crippen LogP contribution in [0, 0.1) is 0 Å². The predicted octanol–water partition coefficient (Wildman–Crippen LogP) is 14.2. The van der Waals surface area contributed by atoms with Crippen LogP contribution in [0.2, 0.25) is 0 Å². The maximum Gasteiger partial charge on any atom is 0.137 e. The van der Waals surface area contributed by atoms with Gasteiger partial charge in [0.15, 0.2) is 0 Å². The van der Waals surface area contributed by atoms with Crippen LogP contribution >= 0.6 is 0 Å². The number of rotatable bonds is 5. The van der Waals surface area contributed by atoms with Crippen LogP contribution in [0.15, 0.2) is 218 Å². The summed E-state index contributed by atoms with van der Waals surface area (Å²) in [5.74, 6) is 1.89. The minimum atomic E-state index is -0.163. The summed E-state index contributed by atoms with van der Waals surface area (Å²) in [7, 11) is 0. The zero-order valence-corrected chi connectivity index (χ0v) is 34.6. The average Bonchev–Trinajstić information content (AvgIpc) is 4.09. The van der Waals surface area contributed by atoms with Crippen LogP contribution in [0.5, 0.6) is 0 Å². The third-order valence-corrected chi connectivity index (χ3v) is 13.4. The van der Waals surface area contributed by atoms with E-state index in [9.17, 15) is 0 Å². The highest BCUT2D eigenvalue weighted by Gasteiger charge is 2.25. The first-order chi connectivity index (χ1) is 31.8. The smallest absolute Gasteiger partial charge is 0.137 e. The highest BCUT2D eigenvalue weighted by atomic mass is 15.2. The van der Waals surface area contributed by atoms with Gasteiger partial charge in [0.2, 0.25) is 0 Å². The molecule has 0 fully saturated rings. The first-order valence-corrected chi connectivity index (χ1v) is 21.9. The third-order valence-electron chi connectivity index (χ3n) is 13.4. The Bertz CT molecular complexity index is 4100. The molecule has 1 aliphatic rings. The number of nitrogens with one attached hydrogen (secondary N) is 1. The van der Waals surface area contributed by atoms with Crippen LogP contribution < -0.4 is 5.32 Å². The van der Waals surface area contributed by atoms with E-state index < -0.39 is 0 Å². The minimum Gasteiger partial charge on any atom is -0.359 e. The molecule has 5 aromatic heterocycles. The summed E-state index contributed by atoms with van der Waals surface area (Å²) < 4.78 is 9.53. The standard InChI is InChI=1S/C58H38N6/c1-3-17-37(18-4-1)61-45-27-11-7-21-39(45)55-49(61)33-35-51-57(55)41-23-9-13-29-47(41)63(51)53-31-15-25-43(59-53)44-26-16-32-54(60-44)64-48-30-14-10-24-42(48)58-52(64)36-34-50-56(58)40-22-8-12-28-46(40)62(50)38-19-5-2-6-20-38/h1-36,43,59H. The average molecular weight is 819 g/mol. The monoisotopic (exact) mass is 818 g/mol. The molecule has 6 nitrogen and oxygen atoms in total. The van der Waals surface area contributed by atoms with Crippen molar-refractivity contribution in [3.05, 3.63) is 224 Å². The molecule has 0 bridgehead atoms. The normalized spacial score (nSPS) is 14.2.